The molecule has 0 fully saturated rings. The zero-order valence-electron chi connectivity index (χ0n) is 12.6. The van der Waals surface area contributed by atoms with Crippen molar-refractivity contribution in [3.8, 4) is 0 Å². The molecule has 0 atom stereocenters. The topological polar surface area (TPSA) is 46.0 Å². The number of anilines is 1. The molecule has 0 unspecified atom stereocenters. The minimum absolute atomic E-state index is 0.209. The summed E-state index contributed by atoms with van der Waals surface area (Å²) in [7, 11) is 0. The van der Waals surface area contributed by atoms with Gasteiger partial charge in [-0.25, -0.2) is 4.39 Å². The molecule has 0 radical (unpaired) electrons. The molecule has 1 aromatic carbocycles. The van der Waals surface area contributed by atoms with Crippen LogP contribution in [0.2, 0.25) is 0 Å². The molecule has 0 saturated heterocycles. The maximum absolute atomic E-state index is 13.0. The summed E-state index contributed by atoms with van der Waals surface area (Å²) in [6.07, 6.45) is 1.96. The minimum Gasteiger partial charge on any atom is -0.370 e. The molecule has 1 heterocycles. The van der Waals surface area contributed by atoms with Crippen molar-refractivity contribution in [2.45, 2.75) is 26.9 Å². The zero-order valence-corrected chi connectivity index (χ0v) is 12.6. The van der Waals surface area contributed by atoms with Gasteiger partial charge in [-0.1, -0.05) is 12.1 Å². The summed E-state index contributed by atoms with van der Waals surface area (Å²) in [5, 5.41) is 11.5. The number of hydrogen-bond acceptors (Lipinski definition) is 4. The molecule has 1 N–H and O–H groups in total. The first-order chi connectivity index (χ1) is 10.2. The predicted octanol–water partition coefficient (Wildman–Crippen LogP) is 2.05. The largest absolute Gasteiger partial charge is 0.370 e. The average Bonchev–Trinajstić information content (AvgIpc) is 2.95. The van der Waals surface area contributed by atoms with E-state index >= 15 is 0 Å². The van der Waals surface area contributed by atoms with Gasteiger partial charge in [-0.3, -0.25) is 4.68 Å². The summed E-state index contributed by atoms with van der Waals surface area (Å²) in [6, 6.07) is 6.58. The van der Waals surface area contributed by atoms with E-state index in [9.17, 15) is 4.39 Å². The summed E-state index contributed by atoms with van der Waals surface area (Å²) in [5.41, 5.74) is 1.97. The Kier molecular flexibility index (Phi) is 5.68. The van der Waals surface area contributed by atoms with Crippen molar-refractivity contribution in [2.24, 2.45) is 0 Å². The smallest absolute Gasteiger partial charge is 0.123 e. The molecule has 21 heavy (non-hydrogen) atoms. The third-order valence-corrected chi connectivity index (χ3v) is 3.31. The summed E-state index contributed by atoms with van der Waals surface area (Å²) in [6.45, 7) is 8.24. The molecule has 0 saturated carbocycles. The number of aromatic nitrogens is 3. The van der Waals surface area contributed by atoms with Crippen LogP contribution in [0.15, 0.2) is 30.5 Å². The Morgan fingerprint density at radius 3 is 2.67 bits per heavy atom. The van der Waals surface area contributed by atoms with Gasteiger partial charge in [-0.05, 0) is 37.7 Å². The van der Waals surface area contributed by atoms with E-state index in [1.54, 1.807) is 12.1 Å². The Hall–Kier alpha value is -1.95. The monoisotopic (exact) mass is 291 g/mol. The molecule has 2 aromatic rings. The second kappa shape index (κ2) is 7.73. The van der Waals surface area contributed by atoms with Crippen LogP contribution in [-0.4, -0.2) is 34.6 Å². The number of halogens is 1. The number of nitrogens with one attached hydrogen (secondary N) is 1. The van der Waals surface area contributed by atoms with Crippen molar-refractivity contribution in [3.63, 3.8) is 0 Å². The van der Waals surface area contributed by atoms with Crippen LogP contribution >= 0.6 is 0 Å². The van der Waals surface area contributed by atoms with Crippen LogP contribution < -0.4 is 10.2 Å². The van der Waals surface area contributed by atoms with E-state index in [0.717, 1.165) is 44.1 Å². The first-order valence-corrected chi connectivity index (χ1v) is 7.33. The summed E-state index contributed by atoms with van der Waals surface area (Å²) < 4.78 is 14.8. The normalized spacial score (nSPS) is 10.8. The lowest BCUT2D eigenvalue weighted by molar-refractivity contribution is 0.578. The van der Waals surface area contributed by atoms with Crippen molar-refractivity contribution in [1.29, 1.82) is 0 Å². The lowest BCUT2D eigenvalue weighted by Gasteiger charge is -2.22. The fourth-order valence-electron chi connectivity index (χ4n) is 2.13. The lowest BCUT2D eigenvalue weighted by atomic mass is 10.3. The van der Waals surface area contributed by atoms with E-state index in [4.69, 9.17) is 0 Å². The number of hydrogen-bond donors (Lipinski definition) is 1. The number of likely N-dealkylation sites (N-methyl/N-ethyl adjacent to an activating group) is 1. The van der Waals surface area contributed by atoms with E-state index in [1.165, 1.54) is 12.1 Å². The van der Waals surface area contributed by atoms with Gasteiger partial charge in [-0.15, -0.1) is 5.10 Å². The third kappa shape index (κ3) is 4.53. The van der Waals surface area contributed by atoms with Gasteiger partial charge >= 0.3 is 0 Å². The summed E-state index contributed by atoms with van der Waals surface area (Å²) in [4.78, 5) is 2.19. The maximum Gasteiger partial charge on any atom is 0.123 e. The van der Waals surface area contributed by atoms with Gasteiger partial charge in [0.15, 0.2) is 0 Å². The van der Waals surface area contributed by atoms with Gasteiger partial charge in [0, 0.05) is 31.5 Å². The first-order valence-electron chi connectivity index (χ1n) is 7.33. The SMILES string of the molecule is CCNCc1cn(CCN(CC)c2ccc(F)cc2)nn1. The molecule has 2 rings (SSSR count). The van der Waals surface area contributed by atoms with Crippen molar-refractivity contribution in [2.75, 3.05) is 24.5 Å². The van der Waals surface area contributed by atoms with Crippen LogP contribution in [0.1, 0.15) is 19.5 Å². The standard InChI is InChI=1S/C15H22FN5/c1-3-17-11-14-12-21(19-18-14)10-9-20(4-2)15-7-5-13(16)6-8-15/h5-8,12,17H,3-4,9-11H2,1-2H3. The van der Waals surface area contributed by atoms with Crippen LogP contribution in [0, 0.1) is 5.82 Å². The Morgan fingerprint density at radius 2 is 2.00 bits per heavy atom. The summed E-state index contributed by atoms with van der Waals surface area (Å²) in [5.74, 6) is -0.209. The highest BCUT2D eigenvalue weighted by atomic mass is 19.1. The molecular weight excluding hydrogens is 269 g/mol. The Balaban J connectivity index is 1.90. The van der Waals surface area contributed by atoms with Crippen molar-refractivity contribution < 1.29 is 4.39 Å². The Labute approximate surface area is 124 Å². The molecule has 1 aromatic heterocycles. The first kappa shape index (κ1) is 15.4. The van der Waals surface area contributed by atoms with Gasteiger partial charge in [0.05, 0.1) is 12.2 Å². The number of benzene rings is 1. The molecular formula is C15H22FN5. The van der Waals surface area contributed by atoms with Gasteiger partial charge in [0.2, 0.25) is 0 Å². The maximum atomic E-state index is 13.0. The van der Waals surface area contributed by atoms with Gasteiger partial charge in [0.1, 0.15) is 5.82 Å². The van der Waals surface area contributed by atoms with Gasteiger partial charge < -0.3 is 10.2 Å². The second-order valence-corrected chi connectivity index (χ2v) is 4.81. The highest BCUT2D eigenvalue weighted by Crippen LogP contribution is 2.14. The molecule has 0 amide bonds. The Bertz CT molecular complexity index is 537. The van der Waals surface area contributed by atoms with Crippen molar-refractivity contribution in [1.82, 2.24) is 20.3 Å². The lowest BCUT2D eigenvalue weighted by Crippen LogP contribution is -2.27. The van der Waals surface area contributed by atoms with Gasteiger partial charge in [-0.2, -0.15) is 0 Å². The van der Waals surface area contributed by atoms with Crippen LogP contribution in [-0.2, 0) is 13.1 Å². The molecule has 6 heteroatoms. The molecule has 0 aliphatic carbocycles. The molecule has 0 aliphatic rings. The van der Waals surface area contributed by atoms with E-state index in [2.05, 4.69) is 34.4 Å². The van der Waals surface area contributed by atoms with Crippen molar-refractivity contribution in [3.05, 3.63) is 42.0 Å². The zero-order chi connectivity index (χ0) is 15.1. The number of nitrogens with zero attached hydrogens (tertiary/aromatic N) is 4. The second-order valence-electron chi connectivity index (χ2n) is 4.81. The van der Waals surface area contributed by atoms with Crippen LogP contribution in [0.4, 0.5) is 10.1 Å². The third-order valence-electron chi connectivity index (χ3n) is 3.31. The van der Waals surface area contributed by atoms with Crippen LogP contribution in [0.25, 0.3) is 0 Å². The fourth-order valence-corrected chi connectivity index (χ4v) is 2.13. The summed E-state index contributed by atoms with van der Waals surface area (Å²) >= 11 is 0. The highest BCUT2D eigenvalue weighted by molar-refractivity contribution is 5.45. The van der Waals surface area contributed by atoms with E-state index < -0.39 is 0 Å². The van der Waals surface area contributed by atoms with E-state index in [1.807, 2.05) is 10.9 Å². The predicted molar refractivity (Wildman–Crippen MR) is 81.7 cm³/mol. The molecule has 0 aliphatic heterocycles. The number of rotatable bonds is 8. The minimum atomic E-state index is -0.209. The molecule has 114 valence electrons. The van der Waals surface area contributed by atoms with E-state index in [0.29, 0.717) is 0 Å². The van der Waals surface area contributed by atoms with Crippen molar-refractivity contribution >= 4 is 5.69 Å². The average molecular weight is 291 g/mol. The van der Waals surface area contributed by atoms with Crippen LogP contribution in [0.5, 0.6) is 0 Å². The fraction of sp³-hybridized carbons (Fsp3) is 0.467. The highest BCUT2D eigenvalue weighted by Gasteiger charge is 2.06. The molecule has 0 spiro atoms. The van der Waals surface area contributed by atoms with E-state index in [-0.39, 0.29) is 5.82 Å². The molecule has 5 nitrogen and oxygen atoms in total. The molecule has 0 bridgehead atoms. The Morgan fingerprint density at radius 1 is 1.24 bits per heavy atom. The van der Waals surface area contributed by atoms with Crippen LogP contribution in [0.3, 0.4) is 0 Å². The quantitative estimate of drug-likeness (QED) is 0.808. The van der Waals surface area contributed by atoms with Gasteiger partial charge in [0.25, 0.3) is 0 Å².